The van der Waals surface area contributed by atoms with E-state index in [1.807, 2.05) is 0 Å². The molecule has 0 radical (unpaired) electrons. The van der Waals surface area contributed by atoms with E-state index in [9.17, 15) is 0 Å². The summed E-state index contributed by atoms with van der Waals surface area (Å²) in [6.45, 7) is 2.97. The zero-order valence-corrected chi connectivity index (χ0v) is 11.1. The molecule has 0 spiro atoms. The molecule has 94 valence electrons. The number of hydrogen-bond donors (Lipinski definition) is 1. The van der Waals surface area contributed by atoms with E-state index in [2.05, 4.69) is 43.3 Å². The maximum Gasteiger partial charge on any atom is 0.00817 e. The summed E-state index contributed by atoms with van der Waals surface area (Å²) in [5, 5.41) is 2.79. The summed E-state index contributed by atoms with van der Waals surface area (Å²) in [4.78, 5) is 0. The second-order valence-corrected chi connectivity index (χ2v) is 5.67. The van der Waals surface area contributed by atoms with E-state index in [0.717, 1.165) is 6.54 Å². The molecular weight excluding hydrogens is 218 g/mol. The molecule has 0 aromatic heterocycles. The standard InChI is InChI=1S/C17H21N/c1-13-6-4-8-15-14(13)7-5-9-16(15)17(12-18)10-2-3-11-17/h4-9H,2-3,10-12,18H2,1H3. The van der Waals surface area contributed by atoms with Gasteiger partial charge in [-0.25, -0.2) is 0 Å². The van der Waals surface area contributed by atoms with Crippen LogP contribution in [0.1, 0.15) is 36.8 Å². The smallest absolute Gasteiger partial charge is 0.00817 e. The van der Waals surface area contributed by atoms with Crippen molar-refractivity contribution in [1.29, 1.82) is 0 Å². The maximum absolute atomic E-state index is 6.13. The van der Waals surface area contributed by atoms with Gasteiger partial charge in [0.2, 0.25) is 0 Å². The van der Waals surface area contributed by atoms with Crippen molar-refractivity contribution in [3.05, 3.63) is 47.5 Å². The normalized spacial score (nSPS) is 18.3. The molecule has 1 heteroatoms. The van der Waals surface area contributed by atoms with E-state index in [1.54, 1.807) is 0 Å². The van der Waals surface area contributed by atoms with E-state index in [4.69, 9.17) is 5.73 Å². The molecule has 1 aliphatic rings. The Bertz CT molecular complexity index is 565. The summed E-state index contributed by atoms with van der Waals surface area (Å²) >= 11 is 0. The molecule has 0 aliphatic heterocycles. The first-order valence-electron chi connectivity index (χ1n) is 6.96. The first-order valence-corrected chi connectivity index (χ1v) is 6.96. The van der Waals surface area contributed by atoms with Crippen LogP contribution in [0, 0.1) is 6.92 Å². The lowest BCUT2D eigenvalue weighted by molar-refractivity contribution is 0.457. The van der Waals surface area contributed by atoms with Crippen molar-refractivity contribution in [3.8, 4) is 0 Å². The van der Waals surface area contributed by atoms with Gasteiger partial charge in [-0.3, -0.25) is 0 Å². The minimum absolute atomic E-state index is 0.229. The number of nitrogens with two attached hydrogens (primary N) is 1. The first-order chi connectivity index (χ1) is 8.77. The molecule has 0 atom stereocenters. The lowest BCUT2D eigenvalue weighted by atomic mass is 9.76. The van der Waals surface area contributed by atoms with E-state index in [-0.39, 0.29) is 5.41 Å². The monoisotopic (exact) mass is 239 g/mol. The van der Waals surface area contributed by atoms with Crippen molar-refractivity contribution in [1.82, 2.24) is 0 Å². The SMILES string of the molecule is Cc1cccc2c(C3(CN)CCCC3)cccc12. The minimum atomic E-state index is 0.229. The first kappa shape index (κ1) is 11.7. The Morgan fingerprint density at radius 3 is 2.39 bits per heavy atom. The average molecular weight is 239 g/mol. The van der Waals surface area contributed by atoms with Gasteiger partial charge in [0.05, 0.1) is 0 Å². The van der Waals surface area contributed by atoms with Gasteiger partial charge >= 0.3 is 0 Å². The van der Waals surface area contributed by atoms with E-state index >= 15 is 0 Å². The topological polar surface area (TPSA) is 26.0 Å². The Hall–Kier alpha value is -1.34. The van der Waals surface area contributed by atoms with Crippen LogP contribution in [-0.2, 0) is 5.41 Å². The van der Waals surface area contributed by atoms with Crippen LogP contribution in [0.4, 0.5) is 0 Å². The highest BCUT2D eigenvalue weighted by Gasteiger charge is 2.35. The minimum Gasteiger partial charge on any atom is -0.330 e. The second-order valence-electron chi connectivity index (χ2n) is 5.67. The van der Waals surface area contributed by atoms with E-state index in [0.29, 0.717) is 0 Å². The Morgan fingerprint density at radius 1 is 1.00 bits per heavy atom. The van der Waals surface area contributed by atoms with Crippen LogP contribution >= 0.6 is 0 Å². The van der Waals surface area contributed by atoms with Crippen molar-refractivity contribution < 1.29 is 0 Å². The largest absolute Gasteiger partial charge is 0.330 e. The van der Waals surface area contributed by atoms with Crippen LogP contribution in [0.25, 0.3) is 10.8 Å². The van der Waals surface area contributed by atoms with Gasteiger partial charge in [-0.1, -0.05) is 49.2 Å². The molecule has 1 fully saturated rings. The van der Waals surface area contributed by atoms with Gasteiger partial charge in [-0.15, -0.1) is 0 Å². The van der Waals surface area contributed by atoms with Gasteiger partial charge in [0, 0.05) is 12.0 Å². The molecule has 0 saturated heterocycles. The highest BCUT2D eigenvalue weighted by Crippen LogP contribution is 2.43. The Morgan fingerprint density at radius 2 is 1.67 bits per heavy atom. The third kappa shape index (κ3) is 1.65. The van der Waals surface area contributed by atoms with Crippen molar-refractivity contribution in [2.24, 2.45) is 5.73 Å². The van der Waals surface area contributed by atoms with E-state index in [1.165, 1.54) is 47.6 Å². The fourth-order valence-electron chi connectivity index (χ4n) is 3.56. The van der Waals surface area contributed by atoms with Crippen LogP contribution in [0.5, 0.6) is 0 Å². The van der Waals surface area contributed by atoms with Gasteiger partial charge in [0.15, 0.2) is 0 Å². The number of aryl methyl sites for hydroxylation is 1. The summed E-state index contributed by atoms with van der Waals surface area (Å²) in [5.74, 6) is 0. The quantitative estimate of drug-likeness (QED) is 0.844. The molecular formula is C17H21N. The zero-order chi connectivity index (χ0) is 12.6. The van der Waals surface area contributed by atoms with Crippen molar-refractivity contribution in [3.63, 3.8) is 0 Å². The maximum atomic E-state index is 6.13. The molecule has 0 heterocycles. The predicted molar refractivity (Wildman–Crippen MR) is 77.9 cm³/mol. The van der Waals surface area contributed by atoms with Crippen LogP contribution in [-0.4, -0.2) is 6.54 Å². The Labute approximate surface area is 109 Å². The number of hydrogen-bond acceptors (Lipinski definition) is 1. The molecule has 2 aromatic rings. The van der Waals surface area contributed by atoms with Crippen LogP contribution in [0.2, 0.25) is 0 Å². The van der Waals surface area contributed by atoms with Crippen LogP contribution < -0.4 is 5.73 Å². The summed E-state index contributed by atoms with van der Waals surface area (Å²) in [7, 11) is 0. The van der Waals surface area contributed by atoms with Gasteiger partial charge in [0.25, 0.3) is 0 Å². The second kappa shape index (κ2) is 4.40. The fourth-order valence-corrected chi connectivity index (χ4v) is 3.56. The lowest BCUT2D eigenvalue weighted by Gasteiger charge is -2.29. The van der Waals surface area contributed by atoms with Crippen molar-refractivity contribution in [2.45, 2.75) is 38.0 Å². The molecule has 0 unspecified atom stereocenters. The van der Waals surface area contributed by atoms with Crippen molar-refractivity contribution in [2.75, 3.05) is 6.54 Å². The summed E-state index contributed by atoms with van der Waals surface area (Å²) in [6, 6.07) is 13.3. The van der Waals surface area contributed by atoms with Gasteiger partial charge in [-0.05, 0) is 41.7 Å². The molecule has 0 bridgehead atoms. The molecule has 1 aliphatic carbocycles. The predicted octanol–water partition coefficient (Wildman–Crippen LogP) is 3.92. The molecule has 1 nitrogen and oxygen atoms in total. The van der Waals surface area contributed by atoms with Gasteiger partial charge in [0.1, 0.15) is 0 Å². The molecule has 0 amide bonds. The molecule has 3 rings (SSSR count). The number of fused-ring (bicyclic) bond motifs is 1. The average Bonchev–Trinajstić information content (AvgIpc) is 2.89. The lowest BCUT2D eigenvalue weighted by Crippen LogP contribution is -2.32. The van der Waals surface area contributed by atoms with Crippen LogP contribution in [0.15, 0.2) is 36.4 Å². The number of rotatable bonds is 2. The summed E-state index contributed by atoms with van der Waals surface area (Å²) in [6.07, 6.45) is 5.13. The zero-order valence-electron chi connectivity index (χ0n) is 11.1. The fraction of sp³-hybridized carbons (Fsp3) is 0.412. The van der Waals surface area contributed by atoms with Gasteiger partial charge in [-0.2, -0.15) is 0 Å². The Balaban J connectivity index is 2.26. The van der Waals surface area contributed by atoms with E-state index < -0.39 is 0 Å². The third-order valence-electron chi connectivity index (χ3n) is 4.66. The number of benzene rings is 2. The Kier molecular flexibility index (Phi) is 2.87. The highest BCUT2D eigenvalue weighted by atomic mass is 14.6. The van der Waals surface area contributed by atoms with Crippen LogP contribution in [0.3, 0.4) is 0 Å². The summed E-state index contributed by atoms with van der Waals surface area (Å²) in [5.41, 5.74) is 9.20. The molecule has 1 saturated carbocycles. The molecule has 2 N–H and O–H groups in total. The third-order valence-corrected chi connectivity index (χ3v) is 4.66. The molecule has 18 heavy (non-hydrogen) atoms. The van der Waals surface area contributed by atoms with Crippen molar-refractivity contribution >= 4 is 10.8 Å². The summed E-state index contributed by atoms with van der Waals surface area (Å²) < 4.78 is 0. The highest BCUT2D eigenvalue weighted by molar-refractivity contribution is 5.89. The molecule has 2 aromatic carbocycles. The van der Waals surface area contributed by atoms with Gasteiger partial charge < -0.3 is 5.73 Å².